The predicted octanol–water partition coefficient (Wildman–Crippen LogP) is 4.22. The average Bonchev–Trinajstić information content (AvgIpc) is 3.37. The normalized spacial score (nSPS) is 24.5. The monoisotopic (exact) mass is 463 g/mol. The molecular formula is C23H27Cl2N3O3. The molecule has 0 radical (unpaired) electrons. The van der Waals surface area contributed by atoms with Crippen LogP contribution in [-0.4, -0.2) is 52.9 Å². The first-order valence-electron chi connectivity index (χ1n) is 11.1. The third-order valence-electron chi connectivity index (χ3n) is 6.82. The van der Waals surface area contributed by atoms with E-state index in [9.17, 15) is 4.79 Å². The largest absolute Gasteiger partial charge is 0.490 e. The number of rotatable bonds is 5. The number of nitrogens with one attached hydrogen (secondary N) is 1. The quantitative estimate of drug-likeness (QED) is 0.720. The van der Waals surface area contributed by atoms with E-state index in [2.05, 4.69) is 15.1 Å². The lowest BCUT2D eigenvalue weighted by atomic mass is 9.92. The van der Waals surface area contributed by atoms with Gasteiger partial charge in [0.2, 0.25) is 5.91 Å². The van der Waals surface area contributed by atoms with E-state index in [1.54, 1.807) is 0 Å². The van der Waals surface area contributed by atoms with Gasteiger partial charge in [0, 0.05) is 47.1 Å². The minimum Gasteiger partial charge on any atom is -0.490 e. The molecule has 2 unspecified atom stereocenters. The molecule has 2 atom stereocenters. The van der Waals surface area contributed by atoms with Gasteiger partial charge in [0.15, 0.2) is 0 Å². The van der Waals surface area contributed by atoms with Crippen molar-refractivity contribution in [1.82, 2.24) is 15.1 Å². The summed E-state index contributed by atoms with van der Waals surface area (Å²) in [6, 6.07) is 3.91. The van der Waals surface area contributed by atoms with E-state index in [1.807, 2.05) is 18.3 Å². The Morgan fingerprint density at radius 2 is 1.94 bits per heavy atom. The number of aromatic amines is 1. The van der Waals surface area contributed by atoms with Crippen LogP contribution >= 0.6 is 23.2 Å². The SMILES string of the molecule is O=C1C(Cc2c(Cl)cc(OC3CCOCC3)cc2Cl)CCN1C1CCc2[nH]ncc2C1. The second-order valence-corrected chi connectivity index (χ2v) is 9.60. The van der Waals surface area contributed by atoms with Crippen molar-refractivity contribution in [1.29, 1.82) is 0 Å². The number of ether oxygens (including phenoxy) is 2. The lowest BCUT2D eigenvalue weighted by Gasteiger charge is -2.31. The van der Waals surface area contributed by atoms with Gasteiger partial charge in [-0.2, -0.15) is 5.10 Å². The molecule has 2 fully saturated rings. The van der Waals surface area contributed by atoms with Crippen LogP contribution in [0.1, 0.15) is 42.5 Å². The highest BCUT2D eigenvalue weighted by Crippen LogP contribution is 2.36. The number of benzene rings is 1. The Labute approximate surface area is 192 Å². The topological polar surface area (TPSA) is 67.5 Å². The number of fused-ring (bicyclic) bond motifs is 1. The molecular weight excluding hydrogens is 437 g/mol. The van der Waals surface area contributed by atoms with Crippen molar-refractivity contribution in [3.8, 4) is 5.75 Å². The molecule has 0 spiro atoms. The molecule has 3 heterocycles. The molecule has 2 saturated heterocycles. The van der Waals surface area contributed by atoms with E-state index in [-0.39, 0.29) is 24.0 Å². The summed E-state index contributed by atoms with van der Waals surface area (Å²) < 4.78 is 11.4. The molecule has 1 N–H and O–H groups in total. The Morgan fingerprint density at radius 3 is 2.71 bits per heavy atom. The van der Waals surface area contributed by atoms with Crippen LogP contribution < -0.4 is 4.74 Å². The van der Waals surface area contributed by atoms with Gasteiger partial charge in [-0.3, -0.25) is 9.89 Å². The van der Waals surface area contributed by atoms with Crippen molar-refractivity contribution in [2.24, 2.45) is 5.92 Å². The first-order chi connectivity index (χ1) is 15.1. The first kappa shape index (κ1) is 21.1. The average molecular weight is 464 g/mol. The van der Waals surface area contributed by atoms with Crippen molar-refractivity contribution in [2.45, 2.75) is 57.1 Å². The number of aromatic nitrogens is 2. The fourth-order valence-corrected chi connectivity index (χ4v) is 5.67. The molecule has 1 aromatic heterocycles. The van der Waals surface area contributed by atoms with Crippen LogP contribution in [0.3, 0.4) is 0 Å². The van der Waals surface area contributed by atoms with E-state index in [4.69, 9.17) is 32.7 Å². The lowest BCUT2D eigenvalue weighted by Crippen LogP contribution is -2.41. The maximum absolute atomic E-state index is 13.2. The molecule has 0 saturated carbocycles. The minimum atomic E-state index is -0.0805. The van der Waals surface area contributed by atoms with E-state index in [0.717, 1.165) is 50.6 Å². The molecule has 1 aromatic carbocycles. The number of amides is 1. The third-order valence-corrected chi connectivity index (χ3v) is 7.49. The standard InChI is InChI=1S/C23H27Cl2N3O3/c24-20-11-18(31-17-4-7-30-8-5-17)12-21(25)19(20)10-14-3-6-28(23(14)29)16-1-2-22-15(9-16)13-26-27-22/h11-14,16-17H,1-10H2,(H,26,27). The van der Waals surface area contributed by atoms with Crippen LogP contribution in [-0.2, 0) is 28.8 Å². The summed E-state index contributed by atoms with van der Waals surface area (Å²) in [5.74, 6) is 0.817. The fraction of sp³-hybridized carbons (Fsp3) is 0.565. The second kappa shape index (κ2) is 9.00. The van der Waals surface area contributed by atoms with Crippen molar-refractivity contribution < 1.29 is 14.3 Å². The number of aryl methyl sites for hydroxylation is 1. The number of H-pyrrole nitrogens is 1. The van der Waals surface area contributed by atoms with Crippen LogP contribution in [0.25, 0.3) is 0 Å². The van der Waals surface area contributed by atoms with Crippen LogP contribution in [0.15, 0.2) is 18.3 Å². The Morgan fingerprint density at radius 1 is 1.16 bits per heavy atom. The van der Waals surface area contributed by atoms with Gasteiger partial charge < -0.3 is 14.4 Å². The molecule has 3 aliphatic rings. The number of likely N-dealkylation sites (tertiary alicyclic amines) is 1. The zero-order valence-corrected chi connectivity index (χ0v) is 18.9. The summed E-state index contributed by atoms with van der Waals surface area (Å²) in [6.45, 7) is 2.22. The van der Waals surface area contributed by atoms with Crippen LogP contribution in [0.4, 0.5) is 0 Å². The number of hydrogen-bond donors (Lipinski definition) is 1. The summed E-state index contributed by atoms with van der Waals surface area (Å²) >= 11 is 13.2. The summed E-state index contributed by atoms with van der Waals surface area (Å²) in [6.07, 6.45) is 7.95. The number of hydrogen-bond acceptors (Lipinski definition) is 4. The highest BCUT2D eigenvalue weighted by atomic mass is 35.5. The molecule has 2 aromatic rings. The first-order valence-corrected chi connectivity index (χ1v) is 11.9. The molecule has 2 aliphatic heterocycles. The molecule has 0 bridgehead atoms. The van der Waals surface area contributed by atoms with Gasteiger partial charge in [0.1, 0.15) is 11.9 Å². The number of halogens is 2. The maximum atomic E-state index is 13.2. The highest BCUT2D eigenvalue weighted by molar-refractivity contribution is 6.36. The zero-order valence-electron chi connectivity index (χ0n) is 17.4. The molecule has 5 rings (SSSR count). The lowest BCUT2D eigenvalue weighted by molar-refractivity contribution is -0.133. The van der Waals surface area contributed by atoms with Gasteiger partial charge in [0.25, 0.3) is 0 Å². The van der Waals surface area contributed by atoms with Crippen molar-refractivity contribution in [3.05, 3.63) is 45.2 Å². The van der Waals surface area contributed by atoms with Crippen LogP contribution in [0, 0.1) is 5.92 Å². The van der Waals surface area contributed by atoms with Crippen LogP contribution in [0.5, 0.6) is 5.75 Å². The predicted molar refractivity (Wildman–Crippen MR) is 119 cm³/mol. The smallest absolute Gasteiger partial charge is 0.226 e. The highest BCUT2D eigenvalue weighted by Gasteiger charge is 2.38. The fourth-order valence-electron chi connectivity index (χ4n) is 5.05. The zero-order chi connectivity index (χ0) is 21.4. The Kier molecular flexibility index (Phi) is 6.13. The second-order valence-electron chi connectivity index (χ2n) is 8.79. The molecule has 31 heavy (non-hydrogen) atoms. The van der Waals surface area contributed by atoms with Gasteiger partial charge in [0.05, 0.1) is 19.4 Å². The van der Waals surface area contributed by atoms with Gasteiger partial charge in [-0.25, -0.2) is 0 Å². The van der Waals surface area contributed by atoms with E-state index >= 15 is 0 Å². The third kappa shape index (κ3) is 4.43. The molecule has 1 amide bonds. The summed E-state index contributed by atoms with van der Waals surface area (Å²) in [5.41, 5.74) is 3.28. The van der Waals surface area contributed by atoms with Gasteiger partial charge in [-0.15, -0.1) is 0 Å². The Hall–Kier alpha value is -1.76. The molecule has 8 heteroatoms. The van der Waals surface area contributed by atoms with Crippen molar-refractivity contribution in [3.63, 3.8) is 0 Å². The molecule has 1 aliphatic carbocycles. The summed E-state index contributed by atoms with van der Waals surface area (Å²) in [4.78, 5) is 15.3. The maximum Gasteiger partial charge on any atom is 0.226 e. The van der Waals surface area contributed by atoms with Gasteiger partial charge >= 0.3 is 0 Å². The molecule has 6 nitrogen and oxygen atoms in total. The van der Waals surface area contributed by atoms with Gasteiger partial charge in [-0.1, -0.05) is 23.2 Å². The number of carbonyl (C=O) groups excluding carboxylic acids is 1. The van der Waals surface area contributed by atoms with Crippen molar-refractivity contribution in [2.75, 3.05) is 19.8 Å². The Bertz CT molecular complexity index is 934. The number of carbonyl (C=O) groups is 1. The number of nitrogens with zero attached hydrogens (tertiary/aromatic N) is 2. The van der Waals surface area contributed by atoms with E-state index < -0.39 is 0 Å². The van der Waals surface area contributed by atoms with Crippen LogP contribution in [0.2, 0.25) is 10.0 Å². The minimum absolute atomic E-state index is 0.0805. The van der Waals surface area contributed by atoms with Crippen molar-refractivity contribution >= 4 is 29.1 Å². The molecule has 166 valence electrons. The van der Waals surface area contributed by atoms with E-state index in [1.165, 1.54) is 11.3 Å². The summed E-state index contributed by atoms with van der Waals surface area (Å²) in [7, 11) is 0. The van der Waals surface area contributed by atoms with Gasteiger partial charge in [-0.05, 0) is 55.4 Å². The van der Waals surface area contributed by atoms with E-state index in [0.29, 0.717) is 35.4 Å². The summed E-state index contributed by atoms with van der Waals surface area (Å²) in [5, 5.41) is 8.35. The Balaban J connectivity index is 1.24.